The lowest BCUT2D eigenvalue weighted by atomic mass is 10.2. The number of nitrogens with zero attached hydrogens (tertiary/aromatic N) is 1. The minimum Gasteiger partial charge on any atom is -0.308 e. The molecule has 5 heteroatoms. The van der Waals surface area contributed by atoms with Gasteiger partial charge in [0.05, 0.1) is 16.0 Å². The van der Waals surface area contributed by atoms with Crippen LogP contribution in [0.1, 0.15) is 24.9 Å². The molecule has 1 N–H and O–H groups in total. The normalized spacial score (nSPS) is 15.2. The standard InChI is InChI=1S/C10H17BrN2S2/c1-7(6-14-3)4-12-8(2)10-13-5-9(11)15-10/h5,7-8,12H,4,6H2,1-3H3. The lowest BCUT2D eigenvalue weighted by Gasteiger charge is -2.15. The first-order chi connectivity index (χ1) is 7.13. The monoisotopic (exact) mass is 308 g/mol. The molecule has 0 spiro atoms. The number of thioether (sulfide) groups is 1. The number of hydrogen-bond acceptors (Lipinski definition) is 4. The first-order valence-electron chi connectivity index (χ1n) is 4.97. The van der Waals surface area contributed by atoms with Crippen LogP contribution in [0.15, 0.2) is 9.98 Å². The Morgan fingerprint density at radius 1 is 1.60 bits per heavy atom. The van der Waals surface area contributed by atoms with E-state index in [1.54, 1.807) is 11.3 Å². The molecule has 0 aliphatic heterocycles. The molecule has 0 radical (unpaired) electrons. The van der Waals surface area contributed by atoms with Gasteiger partial charge in [-0.2, -0.15) is 11.8 Å². The summed E-state index contributed by atoms with van der Waals surface area (Å²) in [6, 6.07) is 0.352. The third-order valence-electron chi connectivity index (χ3n) is 2.09. The number of rotatable bonds is 6. The van der Waals surface area contributed by atoms with Crippen molar-refractivity contribution in [3.63, 3.8) is 0 Å². The van der Waals surface area contributed by atoms with Crippen molar-refractivity contribution < 1.29 is 0 Å². The van der Waals surface area contributed by atoms with E-state index in [4.69, 9.17) is 0 Å². The summed E-state index contributed by atoms with van der Waals surface area (Å²) < 4.78 is 1.10. The van der Waals surface area contributed by atoms with Gasteiger partial charge in [0.1, 0.15) is 5.01 Å². The van der Waals surface area contributed by atoms with Crippen LogP contribution in [0.5, 0.6) is 0 Å². The average molecular weight is 309 g/mol. The number of hydrogen-bond donors (Lipinski definition) is 1. The zero-order valence-corrected chi connectivity index (χ0v) is 12.5. The summed E-state index contributed by atoms with van der Waals surface area (Å²) in [5.41, 5.74) is 0. The Bertz CT molecular complexity index is 291. The van der Waals surface area contributed by atoms with Gasteiger partial charge in [0.25, 0.3) is 0 Å². The zero-order chi connectivity index (χ0) is 11.3. The second-order valence-electron chi connectivity index (χ2n) is 3.69. The largest absolute Gasteiger partial charge is 0.308 e. The zero-order valence-electron chi connectivity index (χ0n) is 9.29. The molecule has 0 saturated carbocycles. The summed E-state index contributed by atoms with van der Waals surface area (Å²) in [6.07, 6.45) is 4.02. The maximum Gasteiger partial charge on any atom is 0.110 e. The summed E-state index contributed by atoms with van der Waals surface area (Å²) in [5, 5.41) is 4.66. The summed E-state index contributed by atoms with van der Waals surface area (Å²) in [6.45, 7) is 5.49. The number of halogens is 1. The quantitative estimate of drug-likeness (QED) is 0.870. The summed E-state index contributed by atoms with van der Waals surface area (Å²) in [7, 11) is 0. The smallest absolute Gasteiger partial charge is 0.110 e. The molecule has 0 aliphatic carbocycles. The highest BCUT2D eigenvalue weighted by Gasteiger charge is 2.10. The number of thiazole rings is 1. The van der Waals surface area contributed by atoms with Gasteiger partial charge >= 0.3 is 0 Å². The molecule has 1 heterocycles. The van der Waals surface area contributed by atoms with Gasteiger partial charge in [0.2, 0.25) is 0 Å². The summed E-state index contributed by atoms with van der Waals surface area (Å²) in [5.74, 6) is 1.92. The fourth-order valence-electron chi connectivity index (χ4n) is 1.28. The van der Waals surface area contributed by atoms with E-state index < -0.39 is 0 Å². The van der Waals surface area contributed by atoms with Crippen LogP contribution in [-0.4, -0.2) is 23.5 Å². The van der Waals surface area contributed by atoms with Crippen molar-refractivity contribution in [2.24, 2.45) is 5.92 Å². The van der Waals surface area contributed by atoms with Crippen molar-refractivity contribution in [2.75, 3.05) is 18.6 Å². The van der Waals surface area contributed by atoms with E-state index in [1.165, 1.54) is 5.75 Å². The van der Waals surface area contributed by atoms with Crippen LogP contribution in [0, 0.1) is 5.92 Å². The molecule has 1 rings (SSSR count). The van der Waals surface area contributed by atoms with Gasteiger partial charge in [0.15, 0.2) is 0 Å². The molecular weight excluding hydrogens is 292 g/mol. The third kappa shape index (κ3) is 4.85. The lowest BCUT2D eigenvalue weighted by Crippen LogP contribution is -2.25. The van der Waals surface area contributed by atoms with Crippen LogP contribution in [-0.2, 0) is 0 Å². The highest BCUT2D eigenvalue weighted by atomic mass is 79.9. The number of aromatic nitrogens is 1. The van der Waals surface area contributed by atoms with Crippen LogP contribution >= 0.6 is 39.0 Å². The van der Waals surface area contributed by atoms with Crippen molar-refractivity contribution in [1.29, 1.82) is 0 Å². The topological polar surface area (TPSA) is 24.9 Å². The first kappa shape index (κ1) is 13.5. The molecule has 2 nitrogen and oxygen atoms in total. The molecule has 0 aromatic carbocycles. The first-order valence-corrected chi connectivity index (χ1v) is 7.97. The highest BCUT2D eigenvalue weighted by Crippen LogP contribution is 2.24. The van der Waals surface area contributed by atoms with Crippen molar-refractivity contribution >= 4 is 39.0 Å². The molecule has 0 saturated heterocycles. The molecule has 86 valence electrons. The Hall–Kier alpha value is 0.420. The maximum atomic E-state index is 4.34. The van der Waals surface area contributed by atoms with E-state index in [2.05, 4.69) is 46.3 Å². The van der Waals surface area contributed by atoms with Crippen molar-refractivity contribution in [3.8, 4) is 0 Å². The van der Waals surface area contributed by atoms with Crippen LogP contribution in [0.25, 0.3) is 0 Å². The molecular formula is C10H17BrN2S2. The Morgan fingerprint density at radius 2 is 2.33 bits per heavy atom. The van der Waals surface area contributed by atoms with Crippen molar-refractivity contribution in [3.05, 3.63) is 15.0 Å². The fraction of sp³-hybridized carbons (Fsp3) is 0.700. The third-order valence-corrected chi connectivity index (χ3v) is 4.65. The SMILES string of the molecule is CSCC(C)CNC(C)c1ncc(Br)s1. The van der Waals surface area contributed by atoms with Gasteiger partial charge in [-0.25, -0.2) is 4.98 Å². The molecule has 1 aromatic rings. The van der Waals surface area contributed by atoms with E-state index in [-0.39, 0.29) is 0 Å². The van der Waals surface area contributed by atoms with Gasteiger partial charge in [0, 0.05) is 0 Å². The van der Waals surface area contributed by atoms with E-state index >= 15 is 0 Å². The Balaban J connectivity index is 2.33. The molecule has 0 fully saturated rings. The van der Waals surface area contributed by atoms with Crippen LogP contribution in [0.3, 0.4) is 0 Å². The number of nitrogens with one attached hydrogen (secondary N) is 1. The van der Waals surface area contributed by atoms with Crippen LogP contribution in [0.4, 0.5) is 0 Å². The van der Waals surface area contributed by atoms with Gasteiger partial charge in [-0.05, 0) is 47.3 Å². The van der Waals surface area contributed by atoms with E-state index in [1.807, 2.05) is 18.0 Å². The summed E-state index contributed by atoms with van der Waals surface area (Å²) in [4.78, 5) is 4.34. The molecule has 0 amide bonds. The van der Waals surface area contributed by atoms with Crippen molar-refractivity contribution in [2.45, 2.75) is 19.9 Å². The van der Waals surface area contributed by atoms with Gasteiger partial charge < -0.3 is 5.32 Å². The second-order valence-corrected chi connectivity index (χ2v) is 7.05. The average Bonchev–Trinajstić information content (AvgIpc) is 2.62. The fourth-order valence-corrected chi connectivity index (χ4v) is 3.23. The molecule has 2 atom stereocenters. The molecule has 1 aromatic heterocycles. The van der Waals surface area contributed by atoms with E-state index in [0.29, 0.717) is 12.0 Å². The minimum absolute atomic E-state index is 0.352. The Morgan fingerprint density at radius 3 is 2.87 bits per heavy atom. The highest BCUT2D eigenvalue weighted by molar-refractivity contribution is 9.11. The molecule has 0 aliphatic rings. The maximum absolute atomic E-state index is 4.34. The Labute approximate surface area is 108 Å². The lowest BCUT2D eigenvalue weighted by molar-refractivity contribution is 0.500. The Kier molecular flexibility index (Phi) is 6.19. The molecule has 2 unspecified atom stereocenters. The van der Waals surface area contributed by atoms with Crippen LogP contribution < -0.4 is 5.32 Å². The van der Waals surface area contributed by atoms with Crippen molar-refractivity contribution in [1.82, 2.24) is 10.3 Å². The van der Waals surface area contributed by atoms with E-state index in [9.17, 15) is 0 Å². The van der Waals surface area contributed by atoms with Crippen LogP contribution in [0.2, 0.25) is 0 Å². The van der Waals surface area contributed by atoms with E-state index in [0.717, 1.165) is 15.3 Å². The van der Waals surface area contributed by atoms with Gasteiger partial charge in [-0.15, -0.1) is 11.3 Å². The predicted octanol–water partition coefficient (Wildman–Crippen LogP) is 3.56. The molecule has 0 bridgehead atoms. The second kappa shape index (κ2) is 6.89. The van der Waals surface area contributed by atoms with Gasteiger partial charge in [-0.1, -0.05) is 6.92 Å². The minimum atomic E-state index is 0.352. The predicted molar refractivity (Wildman–Crippen MR) is 73.8 cm³/mol. The summed E-state index contributed by atoms with van der Waals surface area (Å²) >= 11 is 7.03. The molecule has 15 heavy (non-hydrogen) atoms. The van der Waals surface area contributed by atoms with Gasteiger partial charge in [-0.3, -0.25) is 0 Å².